The van der Waals surface area contributed by atoms with Crippen LogP contribution in [0, 0.1) is 6.92 Å². The maximum atomic E-state index is 11.8. The first kappa shape index (κ1) is 16.1. The Balaban J connectivity index is 2.73. The van der Waals surface area contributed by atoms with E-state index in [1.54, 1.807) is 12.1 Å². The first-order chi connectivity index (χ1) is 8.77. The molecular formula is C11H18N2O4S2. The molecule has 108 valence electrons. The van der Waals surface area contributed by atoms with Gasteiger partial charge in [0, 0.05) is 0 Å². The lowest BCUT2D eigenvalue weighted by Gasteiger charge is -2.09. The van der Waals surface area contributed by atoms with Crippen LogP contribution in [0.25, 0.3) is 0 Å². The Morgan fingerprint density at radius 3 is 2.11 bits per heavy atom. The Hall–Kier alpha value is -0.960. The van der Waals surface area contributed by atoms with Crippen molar-refractivity contribution < 1.29 is 16.8 Å². The number of hydrazine groups is 1. The van der Waals surface area contributed by atoms with Gasteiger partial charge in [0.25, 0.3) is 10.0 Å². The average Bonchev–Trinajstić information content (AvgIpc) is 2.35. The number of unbranched alkanes of at least 4 members (excludes halogenated alkanes) is 1. The molecule has 1 rings (SSSR count). The highest BCUT2D eigenvalue weighted by Gasteiger charge is 2.17. The van der Waals surface area contributed by atoms with Gasteiger partial charge in [0.15, 0.2) is 0 Å². The molecule has 0 amide bonds. The van der Waals surface area contributed by atoms with Crippen LogP contribution in [0.3, 0.4) is 0 Å². The zero-order valence-corrected chi connectivity index (χ0v) is 12.5. The highest BCUT2D eigenvalue weighted by atomic mass is 32.2. The fourth-order valence-electron chi connectivity index (χ4n) is 1.28. The molecular weight excluding hydrogens is 288 g/mol. The van der Waals surface area contributed by atoms with Crippen LogP contribution in [-0.2, 0) is 20.0 Å². The van der Waals surface area contributed by atoms with E-state index in [-0.39, 0.29) is 10.6 Å². The Labute approximate surface area is 114 Å². The normalized spacial score (nSPS) is 12.5. The van der Waals surface area contributed by atoms with Crippen molar-refractivity contribution in [3.8, 4) is 0 Å². The van der Waals surface area contributed by atoms with Gasteiger partial charge in [-0.15, -0.1) is 9.66 Å². The minimum absolute atomic E-state index is 0.0105. The Morgan fingerprint density at radius 1 is 1.00 bits per heavy atom. The third kappa shape index (κ3) is 5.27. The molecule has 0 aromatic heterocycles. The SMILES string of the molecule is CCCCS(=O)(=O)NNS(=O)(=O)c1ccc(C)cc1. The molecule has 0 atom stereocenters. The van der Waals surface area contributed by atoms with Crippen LogP contribution in [0.4, 0.5) is 0 Å². The molecule has 0 saturated carbocycles. The molecule has 0 saturated heterocycles. The molecule has 1 aromatic rings. The molecule has 0 bridgehead atoms. The van der Waals surface area contributed by atoms with Crippen molar-refractivity contribution in [3.63, 3.8) is 0 Å². The summed E-state index contributed by atoms with van der Waals surface area (Å²) in [5.41, 5.74) is 0.919. The van der Waals surface area contributed by atoms with Crippen molar-refractivity contribution >= 4 is 20.0 Å². The predicted octanol–water partition coefficient (Wildman–Crippen LogP) is 0.908. The van der Waals surface area contributed by atoms with Gasteiger partial charge in [0.2, 0.25) is 10.0 Å². The van der Waals surface area contributed by atoms with Gasteiger partial charge in [0.05, 0.1) is 10.6 Å². The van der Waals surface area contributed by atoms with E-state index in [2.05, 4.69) is 0 Å². The number of aryl methyl sites for hydroxylation is 1. The molecule has 0 fully saturated rings. The van der Waals surface area contributed by atoms with E-state index in [4.69, 9.17) is 0 Å². The predicted molar refractivity (Wildman–Crippen MR) is 73.3 cm³/mol. The number of sulfonamides is 2. The molecule has 6 nitrogen and oxygen atoms in total. The summed E-state index contributed by atoms with van der Waals surface area (Å²) in [6, 6.07) is 6.11. The summed E-state index contributed by atoms with van der Waals surface area (Å²) in [6.45, 7) is 3.68. The first-order valence-electron chi connectivity index (χ1n) is 5.85. The largest absolute Gasteiger partial charge is 0.254 e. The molecule has 0 heterocycles. The zero-order chi connectivity index (χ0) is 14.5. The van der Waals surface area contributed by atoms with E-state index in [1.807, 2.05) is 23.5 Å². The topological polar surface area (TPSA) is 92.3 Å². The fourth-order valence-corrected chi connectivity index (χ4v) is 3.61. The smallest absolute Gasteiger partial charge is 0.211 e. The number of benzene rings is 1. The van der Waals surface area contributed by atoms with Crippen molar-refractivity contribution in [2.24, 2.45) is 0 Å². The highest BCUT2D eigenvalue weighted by molar-refractivity contribution is 7.92. The number of nitrogens with one attached hydrogen (secondary N) is 2. The lowest BCUT2D eigenvalue weighted by molar-refractivity contribution is 0.556. The van der Waals surface area contributed by atoms with Gasteiger partial charge in [-0.1, -0.05) is 31.0 Å². The highest BCUT2D eigenvalue weighted by Crippen LogP contribution is 2.09. The van der Waals surface area contributed by atoms with E-state index in [0.29, 0.717) is 12.8 Å². The molecule has 1 aromatic carbocycles. The van der Waals surface area contributed by atoms with E-state index < -0.39 is 20.0 Å². The molecule has 19 heavy (non-hydrogen) atoms. The monoisotopic (exact) mass is 306 g/mol. The number of hydrogen-bond donors (Lipinski definition) is 2. The van der Waals surface area contributed by atoms with Crippen LogP contribution in [0.5, 0.6) is 0 Å². The molecule has 0 radical (unpaired) electrons. The van der Waals surface area contributed by atoms with Crippen molar-refractivity contribution in [1.29, 1.82) is 0 Å². The van der Waals surface area contributed by atoms with E-state index in [0.717, 1.165) is 5.56 Å². The van der Waals surface area contributed by atoms with Crippen LogP contribution < -0.4 is 9.66 Å². The summed E-state index contributed by atoms with van der Waals surface area (Å²) in [5.74, 6) is -0.111. The van der Waals surface area contributed by atoms with Crippen LogP contribution in [0.2, 0.25) is 0 Å². The van der Waals surface area contributed by atoms with E-state index in [1.165, 1.54) is 12.1 Å². The second-order valence-corrected chi connectivity index (χ2v) is 7.72. The van der Waals surface area contributed by atoms with Crippen molar-refractivity contribution in [2.45, 2.75) is 31.6 Å². The van der Waals surface area contributed by atoms with Gasteiger partial charge >= 0.3 is 0 Å². The summed E-state index contributed by atoms with van der Waals surface area (Å²) >= 11 is 0. The molecule has 8 heteroatoms. The maximum Gasteiger partial charge on any atom is 0.254 e. The third-order valence-electron chi connectivity index (χ3n) is 2.43. The van der Waals surface area contributed by atoms with Crippen LogP contribution in [0.1, 0.15) is 25.3 Å². The molecule has 0 spiro atoms. The van der Waals surface area contributed by atoms with Crippen molar-refractivity contribution in [2.75, 3.05) is 5.75 Å². The summed E-state index contributed by atoms with van der Waals surface area (Å²) in [7, 11) is -7.51. The fraction of sp³-hybridized carbons (Fsp3) is 0.455. The quantitative estimate of drug-likeness (QED) is 0.732. The lowest BCUT2D eigenvalue weighted by Crippen LogP contribution is -2.42. The van der Waals surface area contributed by atoms with E-state index in [9.17, 15) is 16.8 Å². The summed E-state index contributed by atoms with van der Waals surface area (Å²) in [4.78, 5) is 3.77. The second-order valence-electron chi connectivity index (χ2n) is 4.19. The van der Waals surface area contributed by atoms with Gasteiger partial charge in [-0.2, -0.15) is 0 Å². The summed E-state index contributed by atoms with van der Waals surface area (Å²) in [6.07, 6.45) is 1.19. The minimum atomic E-state index is -3.88. The molecule has 0 aliphatic rings. The van der Waals surface area contributed by atoms with Gasteiger partial charge in [-0.25, -0.2) is 16.8 Å². The first-order valence-corrected chi connectivity index (χ1v) is 8.98. The van der Waals surface area contributed by atoms with Crippen LogP contribution in [0.15, 0.2) is 29.2 Å². The van der Waals surface area contributed by atoms with Gasteiger partial charge < -0.3 is 0 Å². The summed E-state index contributed by atoms with van der Waals surface area (Å²) < 4.78 is 46.6. The Morgan fingerprint density at radius 2 is 1.58 bits per heavy atom. The standard InChI is InChI=1S/C11H18N2O4S2/c1-3-4-9-18(14,15)12-13-19(16,17)11-7-5-10(2)6-8-11/h5-8,12-13H,3-4,9H2,1-2H3. The molecule has 2 N–H and O–H groups in total. The third-order valence-corrected chi connectivity index (χ3v) is 5.06. The van der Waals surface area contributed by atoms with Crippen LogP contribution >= 0.6 is 0 Å². The van der Waals surface area contributed by atoms with E-state index >= 15 is 0 Å². The van der Waals surface area contributed by atoms with Crippen molar-refractivity contribution in [1.82, 2.24) is 9.66 Å². The second kappa shape index (κ2) is 6.47. The van der Waals surface area contributed by atoms with Gasteiger partial charge in [0.1, 0.15) is 0 Å². The van der Waals surface area contributed by atoms with Crippen molar-refractivity contribution in [3.05, 3.63) is 29.8 Å². The average molecular weight is 306 g/mol. The Kier molecular flexibility index (Phi) is 5.48. The zero-order valence-electron chi connectivity index (χ0n) is 10.9. The maximum absolute atomic E-state index is 11.8. The van der Waals surface area contributed by atoms with Gasteiger partial charge in [-0.3, -0.25) is 0 Å². The molecule has 0 aliphatic carbocycles. The number of hydrogen-bond acceptors (Lipinski definition) is 4. The lowest BCUT2D eigenvalue weighted by atomic mass is 10.2. The number of rotatable bonds is 7. The van der Waals surface area contributed by atoms with Crippen LogP contribution in [-0.4, -0.2) is 22.6 Å². The minimum Gasteiger partial charge on any atom is -0.211 e. The molecule has 0 aliphatic heterocycles. The Bertz CT molecular complexity index is 607. The van der Waals surface area contributed by atoms with Gasteiger partial charge in [-0.05, 0) is 25.5 Å². The molecule has 0 unspecified atom stereocenters. The summed E-state index contributed by atoms with van der Waals surface area (Å²) in [5, 5.41) is 0.